The van der Waals surface area contributed by atoms with Crippen LogP contribution in [0.4, 0.5) is 29.3 Å². The van der Waals surface area contributed by atoms with Crippen LogP contribution in [-0.2, 0) is 10.9 Å². The van der Waals surface area contributed by atoms with E-state index in [4.69, 9.17) is 4.74 Å². The van der Waals surface area contributed by atoms with Gasteiger partial charge in [0.2, 0.25) is 0 Å². The van der Waals surface area contributed by atoms with Crippen LogP contribution in [0.3, 0.4) is 0 Å². The Labute approximate surface area is 160 Å². The molecule has 1 aliphatic carbocycles. The number of nitrogens with one attached hydrogen (secondary N) is 2. The molecule has 1 amide bonds. The number of nitro groups is 1. The van der Waals surface area contributed by atoms with E-state index in [1.807, 2.05) is 0 Å². The second-order valence-corrected chi connectivity index (χ2v) is 7.83. The normalized spacial score (nSPS) is 20.4. The molecule has 1 saturated carbocycles. The third-order valence-corrected chi connectivity index (χ3v) is 4.33. The van der Waals surface area contributed by atoms with Crippen LogP contribution >= 0.6 is 0 Å². The molecule has 0 atom stereocenters. The van der Waals surface area contributed by atoms with Crippen LogP contribution in [0.15, 0.2) is 18.2 Å². The number of anilines is 1. The first kappa shape index (κ1) is 21.8. The van der Waals surface area contributed by atoms with Crippen molar-refractivity contribution < 1.29 is 27.6 Å². The molecule has 10 heteroatoms. The fourth-order valence-corrected chi connectivity index (χ4v) is 3.06. The van der Waals surface area contributed by atoms with Gasteiger partial charge in [-0.15, -0.1) is 0 Å². The zero-order valence-corrected chi connectivity index (χ0v) is 15.9. The lowest BCUT2D eigenvalue weighted by molar-refractivity contribution is -0.384. The first-order valence-electron chi connectivity index (χ1n) is 8.97. The molecular weight excluding hydrogens is 379 g/mol. The van der Waals surface area contributed by atoms with E-state index in [0.717, 1.165) is 12.1 Å². The van der Waals surface area contributed by atoms with E-state index in [-0.39, 0.29) is 17.8 Å². The number of alkyl carbamates (subject to hydrolysis) is 1. The summed E-state index contributed by atoms with van der Waals surface area (Å²) in [4.78, 5) is 22.2. The average molecular weight is 403 g/mol. The highest BCUT2D eigenvalue weighted by atomic mass is 19.4. The number of halogens is 3. The summed E-state index contributed by atoms with van der Waals surface area (Å²) in [6.45, 7) is 5.30. The summed E-state index contributed by atoms with van der Waals surface area (Å²) in [6.07, 6.45) is -2.66. The molecule has 156 valence electrons. The van der Waals surface area contributed by atoms with Gasteiger partial charge in [0.05, 0.1) is 10.5 Å². The Morgan fingerprint density at radius 3 is 2.21 bits per heavy atom. The average Bonchev–Trinajstić information content (AvgIpc) is 2.54. The van der Waals surface area contributed by atoms with Crippen molar-refractivity contribution in [1.82, 2.24) is 5.32 Å². The number of hydrogen-bond acceptors (Lipinski definition) is 5. The van der Waals surface area contributed by atoms with Crippen LogP contribution in [0.25, 0.3) is 0 Å². The molecule has 7 nitrogen and oxygen atoms in total. The number of benzene rings is 1. The first-order chi connectivity index (χ1) is 12.8. The molecule has 0 radical (unpaired) electrons. The second-order valence-electron chi connectivity index (χ2n) is 7.83. The number of hydrogen-bond donors (Lipinski definition) is 2. The minimum Gasteiger partial charge on any atom is -0.444 e. The summed E-state index contributed by atoms with van der Waals surface area (Å²) in [5, 5.41) is 16.9. The topological polar surface area (TPSA) is 93.5 Å². The van der Waals surface area contributed by atoms with Gasteiger partial charge in [-0.05, 0) is 58.6 Å². The van der Waals surface area contributed by atoms with E-state index in [9.17, 15) is 28.1 Å². The lowest BCUT2D eigenvalue weighted by Crippen LogP contribution is -2.42. The van der Waals surface area contributed by atoms with Gasteiger partial charge >= 0.3 is 12.3 Å². The monoisotopic (exact) mass is 403 g/mol. The lowest BCUT2D eigenvalue weighted by Gasteiger charge is -2.31. The van der Waals surface area contributed by atoms with Crippen LogP contribution < -0.4 is 10.6 Å². The number of carbonyl (C=O) groups excluding carboxylic acids is 1. The SMILES string of the molecule is CC(C)(C)OC(=O)NC1CCC(Nc2ccc(C(F)(F)F)cc2[N+](=O)[O-])CC1. The van der Waals surface area contributed by atoms with Crippen LogP contribution in [0, 0.1) is 10.1 Å². The smallest absolute Gasteiger partial charge is 0.416 e. The Kier molecular flexibility index (Phi) is 6.41. The number of amides is 1. The van der Waals surface area contributed by atoms with Crippen LogP contribution in [0.1, 0.15) is 52.0 Å². The van der Waals surface area contributed by atoms with Gasteiger partial charge in [0.1, 0.15) is 11.3 Å². The van der Waals surface area contributed by atoms with Crippen LogP contribution in [0.5, 0.6) is 0 Å². The molecule has 2 N–H and O–H groups in total. The molecule has 0 bridgehead atoms. The van der Waals surface area contributed by atoms with Gasteiger partial charge < -0.3 is 15.4 Å². The zero-order chi connectivity index (χ0) is 21.1. The van der Waals surface area contributed by atoms with Gasteiger partial charge in [-0.2, -0.15) is 13.2 Å². The van der Waals surface area contributed by atoms with E-state index in [2.05, 4.69) is 10.6 Å². The number of nitro benzene ring substituents is 1. The van der Waals surface area contributed by atoms with E-state index < -0.39 is 34.0 Å². The van der Waals surface area contributed by atoms with Crippen LogP contribution in [0.2, 0.25) is 0 Å². The van der Waals surface area contributed by atoms with Crippen molar-refractivity contribution in [2.75, 3.05) is 5.32 Å². The summed E-state index contributed by atoms with van der Waals surface area (Å²) in [5.41, 5.74) is -2.20. The maximum atomic E-state index is 12.8. The highest BCUT2D eigenvalue weighted by Crippen LogP contribution is 2.36. The predicted octanol–water partition coefficient (Wildman–Crippen LogP) is 4.86. The molecule has 28 heavy (non-hydrogen) atoms. The fraction of sp³-hybridized carbons (Fsp3) is 0.611. The summed E-state index contributed by atoms with van der Waals surface area (Å²) < 4.78 is 43.6. The van der Waals surface area contributed by atoms with E-state index in [0.29, 0.717) is 31.7 Å². The van der Waals surface area contributed by atoms with Gasteiger partial charge in [0, 0.05) is 18.2 Å². The van der Waals surface area contributed by atoms with Crippen molar-refractivity contribution >= 4 is 17.5 Å². The van der Waals surface area contributed by atoms with Gasteiger partial charge in [0.15, 0.2) is 0 Å². The maximum Gasteiger partial charge on any atom is 0.416 e. The Balaban J connectivity index is 1.96. The van der Waals surface area contributed by atoms with Gasteiger partial charge in [-0.25, -0.2) is 4.79 Å². The summed E-state index contributed by atoms with van der Waals surface area (Å²) in [7, 11) is 0. The molecule has 1 aromatic carbocycles. The van der Waals surface area contributed by atoms with Crippen molar-refractivity contribution in [3.05, 3.63) is 33.9 Å². The quantitative estimate of drug-likeness (QED) is 0.553. The number of alkyl halides is 3. The number of ether oxygens (including phenoxy) is 1. The van der Waals surface area contributed by atoms with E-state index in [1.54, 1.807) is 20.8 Å². The van der Waals surface area contributed by atoms with Crippen molar-refractivity contribution in [2.45, 2.75) is 70.3 Å². The zero-order valence-electron chi connectivity index (χ0n) is 15.9. The molecule has 1 aromatic rings. The van der Waals surface area contributed by atoms with Gasteiger partial charge in [0.25, 0.3) is 5.69 Å². The number of carbonyl (C=O) groups is 1. The Morgan fingerprint density at radius 2 is 1.71 bits per heavy atom. The van der Waals surface area contributed by atoms with Crippen molar-refractivity contribution in [2.24, 2.45) is 0 Å². The molecule has 0 aliphatic heterocycles. The third-order valence-electron chi connectivity index (χ3n) is 4.33. The fourth-order valence-electron chi connectivity index (χ4n) is 3.06. The van der Waals surface area contributed by atoms with Crippen molar-refractivity contribution in [1.29, 1.82) is 0 Å². The molecule has 0 saturated heterocycles. The summed E-state index contributed by atoms with van der Waals surface area (Å²) >= 11 is 0. The van der Waals surface area contributed by atoms with E-state index >= 15 is 0 Å². The standard InChI is InChI=1S/C18H24F3N3O4/c1-17(2,3)28-16(25)23-13-7-5-12(6-8-13)22-14-9-4-11(18(19,20)21)10-15(14)24(26)27/h4,9-10,12-13,22H,5-8H2,1-3H3,(H,23,25). The molecule has 0 unspecified atom stereocenters. The first-order valence-corrected chi connectivity index (χ1v) is 8.97. The summed E-state index contributed by atoms with van der Waals surface area (Å²) in [6, 6.07) is 2.25. The van der Waals surface area contributed by atoms with Crippen LogP contribution in [-0.4, -0.2) is 28.7 Å². The van der Waals surface area contributed by atoms with Gasteiger partial charge in [-0.3, -0.25) is 10.1 Å². The maximum absolute atomic E-state index is 12.8. The van der Waals surface area contributed by atoms with E-state index in [1.165, 1.54) is 0 Å². The molecule has 0 heterocycles. The molecule has 0 aromatic heterocycles. The lowest BCUT2D eigenvalue weighted by atomic mass is 9.91. The number of nitrogens with zero attached hydrogens (tertiary/aromatic N) is 1. The van der Waals surface area contributed by atoms with Gasteiger partial charge in [-0.1, -0.05) is 0 Å². The molecule has 0 spiro atoms. The minimum absolute atomic E-state index is 0.0570. The highest BCUT2D eigenvalue weighted by molar-refractivity contribution is 5.68. The predicted molar refractivity (Wildman–Crippen MR) is 97.1 cm³/mol. The largest absolute Gasteiger partial charge is 0.444 e. The summed E-state index contributed by atoms with van der Waals surface area (Å²) in [5.74, 6) is 0. The Hall–Kier alpha value is -2.52. The highest BCUT2D eigenvalue weighted by Gasteiger charge is 2.33. The Morgan fingerprint density at radius 1 is 1.14 bits per heavy atom. The molecule has 1 aliphatic rings. The van der Waals surface area contributed by atoms with Crippen molar-refractivity contribution in [3.8, 4) is 0 Å². The third kappa shape index (κ3) is 6.28. The molecule has 2 rings (SSSR count). The number of rotatable bonds is 4. The molecular formula is C18H24F3N3O4. The Bertz CT molecular complexity index is 724. The van der Waals surface area contributed by atoms with Crippen molar-refractivity contribution in [3.63, 3.8) is 0 Å². The molecule has 1 fully saturated rings. The minimum atomic E-state index is -4.64. The second kappa shape index (κ2) is 8.24.